The molecule has 0 aromatic carbocycles. The largest absolute Gasteiger partial charge is 0.244 e. The minimum absolute atomic E-state index is 0.633. The van der Waals surface area contributed by atoms with Gasteiger partial charge in [-0.15, -0.1) is 0 Å². The molecule has 1 unspecified atom stereocenters. The van der Waals surface area contributed by atoms with Crippen LogP contribution in [0.15, 0.2) is 5.10 Å². The van der Waals surface area contributed by atoms with Crippen LogP contribution in [0, 0.1) is 5.92 Å². The van der Waals surface area contributed by atoms with Gasteiger partial charge in [0.2, 0.25) is 10.0 Å². The van der Waals surface area contributed by atoms with E-state index in [0.717, 1.165) is 31.2 Å². The van der Waals surface area contributed by atoms with Crippen molar-refractivity contribution in [3.8, 4) is 0 Å². The second kappa shape index (κ2) is 4.09. The molecule has 0 radical (unpaired) electrons. The monoisotopic (exact) mass is 204 g/mol. The van der Waals surface area contributed by atoms with Crippen molar-refractivity contribution < 1.29 is 8.42 Å². The highest BCUT2D eigenvalue weighted by molar-refractivity contribution is 7.88. The van der Waals surface area contributed by atoms with E-state index in [4.69, 9.17) is 0 Å². The van der Waals surface area contributed by atoms with Gasteiger partial charge in [-0.1, -0.05) is 6.92 Å². The summed E-state index contributed by atoms with van der Waals surface area (Å²) in [6, 6.07) is 0. The molecule has 1 rings (SSSR count). The van der Waals surface area contributed by atoms with Crippen molar-refractivity contribution >= 4 is 15.7 Å². The Morgan fingerprint density at radius 1 is 1.54 bits per heavy atom. The zero-order chi connectivity index (χ0) is 9.90. The fourth-order valence-electron chi connectivity index (χ4n) is 1.51. The maximum absolute atomic E-state index is 10.7. The van der Waals surface area contributed by atoms with Crippen LogP contribution in [-0.2, 0) is 10.0 Å². The van der Waals surface area contributed by atoms with Gasteiger partial charge in [-0.25, -0.2) is 13.2 Å². The van der Waals surface area contributed by atoms with Crippen molar-refractivity contribution in [2.45, 2.75) is 32.6 Å². The van der Waals surface area contributed by atoms with Crippen LogP contribution in [0.25, 0.3) is 0 Å². The first-order valence-corrected chi connectivity index (χ1v) is 6.39. The molecule has 4 nitrogen and oxygen atoms in total. The molecule has 0 bridgehead atoms. The molecule has 76 valence electrons. The molecular formula is C8H16N2O2S. The van der Waals surface area contributed by atoms with Gasteiger partial charge in [0.1, 0.15) is 0 Å². The average Bonchev–Trinajstić information content (AvgIpc) is 2.00. The first kappa shape index (κ1) is 10.5. The number of hydrazone groups is 1. The third-order valence-corrected chi connectivity index (χ3v) is 2.54. The van der Waals surface area contributed by atoms with E-state index in [0.29, 0.717) is 5.92 Å². The van der Waals surface area contributed by atoms with Gasteiger partial charge in [0.05, 0.1) is 6.26 Å². The summed E-state index contributed by atoms with van der Waals surface area (Å²) in [7, 11) is -3.18. The van der Waals surface area contributed by atoms with E-state index in [1.165, 1.54) is 6.42 Å². The second-order valence-electron chi connectivity index (χ2n) is 3.74. The molecule has 1 aliphatic rings. The van der Waals surface area contributed by atoms with E-state index < -0.39 is 10.0 Å². The molecule has 1 fully saturated rings. The normalized spacial score (nSPS) is 27.5. The Balaban J connectivity index is 2.51. The van der Waals surface area contributed by atoms with E-state index in [2.05, 4.69) is 16.9 Å². The number of hydrogen-bond acceptors (Lipinski definition) is 3. The van der Waals surface area contributed by atoms with Crippen molar-refractivity contribution in [2.75, 3.05) is 6.26 Å². The van der Waals surface area contributed by atoms with Gasteiger partial charge in [-0.05, 0) is 31.6 Å². The van der Waals surface area contributed by atoms with Crippen LogP contribution in [0.1, 0.15) is 32.6 Å². The molecule has 1 atom stereocenters. The summed E-state index contributed by atoms with van der Waals surface area (Å²) in [6.45, 7) is 2.16. The summed E-state index contributed by atoms with van der Waals surface area (Å²) in [5, 5.41) is 3.88. The predicted molar refractivity (Wildman–Crippen MR) is 53.0 cm³/mol. The number of nitrogens with one attached hydrogen (secondary N) is 1. The number of nitrogens with zero attached hydrogens (tertiary/aromatic N) is 1. The maximum Gasteiger partial charge on any atom is 0.244 e. The zero-order valence-electron chi connectivity index (χ0n) is 8.08. The Morgan fingerprint density at radius 3 is 2.77 bits per heavy atom. The molecule has 1 saturated carbocycles. The van der Waals surface area contributed by atoms with Crippen LogP contribution in [0.2, 0.25) is 0 Å². The van der Waals surface area contributed by atoms with Gasteiger partial charge < -0.3 is 0 Å². The quantitative estimate of drug-likeness (QED) is 0.685. The summed E-state index contributed by atoms with van der Waals surface area (Å²) in [5.41, 5.74) is 0.976. The first-order valence-electron chi connectivity index (χ1n) is 4.49. The summed E-state index contributed by atoms with van der Waals surface area (Å²) < 4.78 is 21.5. The Morgan fingerprint density at radius 2 is 2.23 bits per heavy atom. The molecule has 1 N–H and O–H groups in total. The van der Waals surface area contributed by atoms with Crippen molar-refractivity contribution in [1.82, 2.24) is 4.83 Å². The molecule has 13 heavy (non-hydrogen) atoms. The van der Waals surface area contributed by atoms with Crippen LogP contribution >= 0.6 is 0 Å². The van der Waals surface area contributed by atoms with E-state index >= 15 is 0 Å². The molecule has 0 aliphatic heterocycles. The predicted octanol–water partition coefficient (Wildman–Crippen LogP) is 1.10. The van der Waals surface area contributed by atoms with Crippen molar-refractivity contribution in [3.63, 3.8) is 0 Å². The van der Waals surface area contributed by atoms with Crippen LogP contribution in [0.3, 0.4) is 0 Å². The van der Waals surface area contributed by atoms with Crippen LogP contribution in [-0.4, -0.2) is 20.4 Å². The van der Waals surface area contributed by atoms with E-state index in [1.54, 1.807) is 0 Å². The molecule has 0 amide bonds. The summed E-state index contributed by atoms with van der Waals surface area (Å²) >= 11 is 0. The second-order valence-corrected chi connectivity index (χ2v) is 5.47. The Labute approximate surface area is 79.5 Å². The van der Waals surface area contributed by atoms with Crippen LogP contribution in [0.4, 0.5) is 0 Å². The minimum atomic E-state index is -3.18. The highest BCUT2D eigenvalue weighted by Crippen LogP contribution is 2.20. The van der Waals surface area contributed by atoms with Crippen molar-refractivity contribution in [2.24, 2.45) is 11.0 Å². The lowest BCUT2D eigenvalue weighted by atomic mass is 9.89. The SMILES string of the molecule is CC1CCC/C(=N\NS(C)(=O)=O)C1. The summed E-state index contributed by atoms with van der Waals surface area (Å²) in [4.78, 5) is 2.17. The van der Waals surface area contributed by atoms with Crippen molar-refractivity contribution in [3.05, 3.63) is 0 Å². The van der Waals surface area contributed by atoms with Gasteiger partial charge in [0.15, 0.2) is 0 Å². The Kier molecular flexibility index (Phi) is 3.30. The Bertz CT molecular complexity index is 295. The lowest BCUT2D eigenvalue weighted by Gasteiger charge is -2.18. The fourth-order valence-corrected chi connectivity index (χ4v) is 1.80. The smallest absolute Gasteiger partial charge is 0.206 e. The lowest BCUT2D eigenvalue weighted by molar-refractivity contribution is 0.498. The fraction of sp³-hybridized carbons (Fsp3) is 0.875. The van der Waals surface area contributed by atoms with Gasteiger partial charge in [-0.2, -0.15) is 5.10 Å². The van der Waals surface area contributed by atoms with E-state index in [1.807, 2.05) is 0 Å². The highest BCUT2D eigenvalue weighted by Gasteiger charge is 2.14. The van der Waals surface area contributed by atoms with E-state index in [9.17, 15) is 8.42 Å². The molecule has 0 saturated heterocycles. The average molecular weight is 204 g/mol. The van der Waals surface area contributed by atoms with Crippen LogP contribution < -0.4 is 4.83 Å². The molecule has 1 aliphatic carbocycles. The van der Waals surface area contributed by atoms with Gasteiger partial charge in [0.25, 0.3) is 0 Å². The highest BCUT2D eigenvalue weighted by atomic mass is 32.2. The molecule has 0 aromatic rings. The van der Waals surface area contributed by atoms with Gasteiger partial charge in [0, 0.05) is 5.71 Å². The van der Waals surface area contributed by atoms with E-state index in [-0.39, 0.29) is 0 Å². The summed E-state index contributed by atoms with van der Waals surface area (Å²) in [6.07, 6.45) is 5.29. The topological polar surface area (TPSA) is 58.5 Å². The number of rotatable bonds is 2. The Hall–Kier alpha value is -0.580. The van der Waals surface area contributed by atoms with Crippen LogP contribution in [0.5, 0.6) is 0 Å². The third-order valence-electron chi connectivity index (χ3n) is 2.12. The molecular weight excluding hydrogens is 188 g/mol. The molecule has 0 spiro atoms. The van der Waals surface area contributed by atoms with Crippen molar-refractivity contribution in [1.29, 1.82) is 0 Å². The molecule has 5 heteroatoms. The summed E-state index contributed by atoms with van der Waals surface area (Å²) in [5.74, 6) is 0.633. The minimum Gasteiger partial charge on any atom is -0.206 e. The first-order chi connectivity index (χ1) is 5.97. The standard InChI is InChI=1S/C8H16N2O2S/c1-7-4-3-5-8(6-7)9-10-13(2,11)12/h7,10H,3-6H2,1-2H3/b9-8+. The van der Waals surface area contributed by atoms with Gasteiger partial charge in [-0.3, -0.25) is 0 Å². The number of hydrogen-bond donors (Lipinski definition) is 1. The number of sulfonamides is 1. The lowest BCUT2D eigenvalue weighted by Crippen LogP contribution is -2.21. The molecule has 0 aromatic heterocycles. The zero-order valence-corrected chi connectivity index (χ0v) is 8.89. The molecule has 0 heterocycles. The van der Waals surface area contributed by atoms with Gasteiger partial charge >= 0.3 is 0 Å². The third kappa shape index (κ3) is 4.26. The maximum atomic E-state index is 10.7.